The van der Waals surface area contributed by atoms with Crippen molar-refractivity contribution < 1.29 is 9.59 Å². The Balaban J connectivity index is 1.70. The zero-order valence-corrected chi connectivity index (χ0v) is 11.6. The molecule has 0 unspecified atom stereocenters. The van der Waals surface area contributed by atoms with Crippen LogP contribution >= 0.6 is 0 Å². The van der Waals surface area contributed by atoms with E-state index in [0.29, 0.717) is 24.4 Å². The Hall–Kier alpha value is -1.84. The minimum Gasteiger partial charge on any atom is -0.349 e. The molecule has 1 aliphatic carbocycles. The number of aryl methyl sites for hydroxylation is 1. The lowest BCUT2D eigenvalue weighted by molar-refractivity contribution is -0.116. The van der Waals surface area contributed by atoms with Gasteiger partial charge in [-0.25, -0.2) is 0 Å². The Kier molecular flexibility index (Phi) is 3.72. The van der Waals surface area contributed by atoms with Crippen LogP contribution < -0.4 is 10.6 Å². The summed E-state index contributed by atoms with van der Waals surface area (Å²) in [5.41, 5.74) is 2.60. The van der Waals surface area contributed by atoms with E-state index >= 15 is 0 Å². The summed E-state index contributed by atoms with van der Waals surface area (Å²) in [5.74, 6) is 0.0634. The van der Waals surface area contributed by atoms with Gasteiger partial charge in [-0.1, -0.05) is 19.3 Å². The highest BCUT2D eigenvalue weighted by Gasteiger charge is 2.19. The molecule has 0 spiro atoms. The van der Waals surface area contributed by atoms with E-state index in [2.05, 4.69) is 10.6 Å². The van der Waals surface area contributed by atoms with E-state index in [1.54, 1.807) is 6.07 Å². The van der Waals surface area contributed by atoms with Crippen LogP contribution in [0.5, 0.6) is 0 Å². The highest BCUT2D eigenvalue weighted by atomic mass is 16.2. The SMILES string of the molecule is O=C1CCc2cc(C(=O)NC3CCCCC3)ccc2N1. The Morgan fingerprint density at radius 2 is 1.95 bits per heavy atom. The van der Waals surface area contributed by atoms with Crippen LogP contribution in [0.1, 0.15) is 54.4 Å². The van der Waals surface area contributed by atoms with Gasteiger partial charge >= 0.3 is 0 Å². The standard InChI is InChI=1S/C16H20N2O2/c19-15-9-7-11-10-12(6-8-14(11)18-15)16(20)17-13-4-2-1-3-5-13/h6,8,10,13H,1-5,7,9H2,(H,17,20)(H,18,19). The van der Waals surface area contributed by atoms with E-state index in [-0.39, 0.29) is 11.8 Å². The average Bonchev–Trinajstić information content (AvgIpc) is 2.47. The van der Waals surface area contributed by atoms with Crippen molar-refractivity contribution in [3.8, 4) is 0 Å². The molecule has 1 heterocycles. The van der Waals surface area contributed by atoms with Crippen LogP contribution in [0.15, 0.2) is 18.2 Å². The molecule has 3 rings (SSSR count). The molecular formula is C16H20N2O2. The van der Waals surface area contributed by atoms with Crippen LogP contribution in [-0.2, 0) is 11.2 Å². The number of anilines is 1. The number of carbonyl (C=O) groups excluding carboxylic acids is 2. The molecule has 20 heavy (non-hydrogen) atoms. The van der Waals surface area contributed by atoms with Crippen LogP contribution in [0.4, 0.5) is 5.69 Å². The monoisotopic (exact) mass is 272 g/mol. The predicted molar refractivity (Wildman–Crippen MR) is 77.7 cm³/mol. The molecule has 1 aromatic rings. The lowest BCUT2D eigenvalue weighted by Crippen LogP contribution is -2.36. The van der Waals surface area contributed by atoms with Crippen molar-refractivity contribution in [2.24, 2.45) is 0 Å². The smallest absolute Gasteiger partial charge is 0.251 e. The van der Waals surface area contributed by atoms with Crippen LogP contribution in [-0.4, -0.2) is 17.9 Å². The molecule has 1 aromatic carbocycles. The Labute approximate surface area is 118 Å². The van der Waals surface area contributed by atoms with E-state index < -0.39 is 0 Å². The minimum absolute atomic E-state index is 0.0107. The summed E-state index contributed by atoms with van der Waals surface area (Å²) in [7, 11) is 0. The summed E-state index contributed by atoms with van der Waals surface area (Å²) in [5, 5.41) is 5.96. The Bertz CT molecular complexity index is 533. The van der Waals surface area contributed by atoms with Gasteiger partial charge in [0.1, 0.15) is 0 Å². The molecule has 4 nitrogen and oxygen atoms in total. The van der Waals surface area contributed by atoms with Crippen molar-refractivity contribution >= 4 is 17.5 Å². The molecular weight excluding hydrogens is 252 g/mol. The van der Waals surface area contributed by atoms with Gasteiger partial charge in [0.2, 0.25) is 5.91 Å². The van der Waals surface area contributed by atoms with Crippen LogP contribution in [0.2, 0.25) is 0 Å². The van der Waals surface area contributed by atoms with Crippen molar-refractivity contribution in [1.82, 2.24) is 5.32 Å². The average molecular weight is 272 g/mol. The number of nitrogens with one attached hydrogen (secondary N) is 2. The second kappa shape index (κ2) is 5.65. The molecule has 0 saturated heterocycles. The number of hydrogen-bond acceptors (Lipinski definition) is 2. The van der Waals surface area contributed by atoms with E-state index in [1.165, 1.54) is 19.3 Å². The van der Waals surface area contributed by atoms with Gasteiger partial charge in [-0.2, -0.15) is 0 Å². The zero-order valence-electron chi connectivity index (χ0n) is 11.6. The lowest BCUT2D eigenvalue weighted by Gasteiger charge is -2.23. The van der Waals surface area contributed by atoms with E-state index in [4.69, 9.17) is 0 Å². The summed E-state index contributed by atoms with van der Waals surface area (Å²) >= 11 is 0. The first kappa shape index (κ1) is 13.2. The van der Waals surface area contributed by atoms with Crippen LogP contribution in [0, 0.1) is 0 Å². The second-order valence-electron chi connectivity index (χ2n) is 5.73. The zero-order chi connectivity index (χ0) is 13.9. The molecule has 2 amide bonds. The molecule has 1 saturated carbocycles. The van der Waals surface area contributed by atoms with Crippen molar-refractivity contribution in [2.75, 3.05) is 5.32 Å². The molecule has 1 aliphatic heterocycles. The summed E-state index contributed by atoms with van der Waals surface area (Å²) in [6.07, 6.45) is 7.10. The van der Waals surface area contributed by atoms with E-state index in [1.807, 2.05) is 12.1 Å². The molecule has 2 aliphatic rings. The van der Waals surface area contributed by atoms with Gasteiger partial charge in [-0.15, -0.1) is 0 Å². The molecule has 4 heteroatoms. The molecule has 0 atom stereocenters. The molecule has 0 bridgehead atoms. The van der Waals surface area contributed by atoms with Gasteiger partial charge in [0.15, 0.2) is 0 Å². The number of rotatable bonds is 2. The number of hydrogen-bond donors (Lipinski definition) is 2. The first-order chi connectivity index (χ1) is 9.72. The maximum absolute atomic E-state index is 12.3. The van der Waals surface area contributed by atoms with Gasteiger partial charge in [-0.3, -0.25) is 9.59 Å². The third-order valence-corrected chi connectivity index (χ3v) is 4.20. The normalized spacial score (nSPS) is 19.1. The summed E-state index contributed by atoms with van der Waals surface area (Å²) in [6.45, 7) is 0. The quantitative estimate of drug-likeness (QED) is 0.869. The summed E-state index contributed by atoms with van der Waals surface area (Å²) in [4.78, 5) is 23.6. The highest BCUT2D eigenvalue weighted by Crippen LogP contribution is 2.24. The van der Waals surface area contributed by atoms with E-state index in [9.17, 15) is 9.59 Å². The molecule has 0 radical (unpaired) electrons. The second-order valence-corrected chi connectivity index (χ2v) is 5.73. The number of amides is 2. The van der Waals surface area contributed by atoms with Crippen molar-refractivity contribution in [1.29, 1.82) is 0 Å². The minimum atomic E-state index is 0.0107. The van der Waals surface area contributed by atoms with Crippen molar-refractivity contribution in [2.45, 2.75) is 51.0 Å². The van der Waals surface area contributed by atoms with Gasteiger partial charge in [0.25, 0.3) is 5.91 Å². The van der Waals surface area contributed by atoms with Gasteiger partial charge < -0.3 is 10.6 Å². The highest BCUT2D eigenvalue weighted by molar-refractivity contribution is 5.98. The third kappa shape index (κ3) is 2.84. The maximum atomic E-state index is 12.3. The largest absolute Gasteiger partial charge is 0.349 e. The first-order valence-corrected chi connectivity index (χ1v) is 7.46. The number of benzene rings is 1. The number of fused-ring (bicyclic) bond motifs is 1. The van der Waals surface area contributed by atoms with Crippen LogP contribution in [0.25, 0.3) is 0 Å². The molecule has 2 N–H and O–H groups in total. The predicted octanol–water partition coefficient (Wildman–Crippen LogP) is 2.63. The fraction of sp³-hybridized carbons (Fsp3) is 0.500. The fourth-order valence-electron chi connectivity index (χ4n) is 3.04. The van der Waals surface area contributed by atoms with Crippen molar-refractivity contribution in [3.05, 3.63) is 29.3 Å². The van der Waals surface area contributed by atoms with Gasteiger partial charge in [-0.05, 0) is 43.0 Å². The third-order valence-electron chi connectivity index (χ3n) is 4.20. The van der Waals surface area contributed by atoms with Crippen LogP contribution in [0.3, 0.4) is 0 Å². The molecule has 0 aromatic heterocycles. The Morgan fingerprint density at radius 3 is 2.75 bits per heavy atom. The Morgan fingerprint density at radius 1 is 1.15 bits per heavy atom. The van der Waals surface area contributed by atoms with Gasteiger partial charge in [0.05, 0.1) is 0 Å². The molecule has 106 valence electrons. The fourth-order valence-corrected chi connectivity index (χ4v) is 3.04. The summed E-state index contributed by atoms with van der Waals surface area (Å²) < 4.78 is 0. The van der Waals surface area contributed by atoms with Gasteiger partial charge in [0, 0.05) is 23.7 Å². The lowest BCUT2D eigenvalue weighted by atomic mass is 9.95. The van der Waals surface area contributed by atoms with Crippen molar-refractivity contribution in [3.63, 3.8) is 0 Å². The summed E-state index contributed by atoms with van der Waals surface area (Å²) in [6, 6.07) is 5.87. The topological polar surface area (TPSA) is 58.2 Å². The molecule has 1 fully saturated rings. The number of carbonyl (C=O) groups is 2. The first-order valence-electron chi connectivity index (χ1n) is 7.46. The van der Waals surface area contributed by atoms with E-state index in [0.717, 1.165) is 24.1 Å². The maximum Gasteiger partial charge on any atom is 0.251 e.